The summed E-state index contributed by atoms with van der Waals surface area (Å²) in [6, 6.07) is 11.8. The molecule has 4 nitrogen and oxygen atoms in total. The molecule has 0 aliphatic heterocycles. The van der Waals surface area contributed by atoms with Crippen LogP contribution in [-0.2, 0) is 10.5 Å². The summed E-state index contributed by atoms with van der Waals surface area (Å²) in [6.45, 7) is 2.07. The Morgan fingerprint density at radius 1 is 1.33 bits per heavy atom. The summed E-state index contributed by atoms with van der Waals surface area (Å²) >= 11 is 1.59. The highest BCUT2D eigenvalue weighted by Gasteiger charge is 2.04. The minimum Gasteiger partial charge on any atom is -0.481 e. The number of ether oxygens (including phenoxy) is 1. The molecule has 1 amide bonds. The number of aryl methyl sites for hydroxylation is 1. The third-order valence-corrected chi connectivity index (χ3v) is 3.82. The molecule has 0 radical (unpaired) electrons. The summed E-state index contributed by atoms with van der Waals surface area (Å²) in [6.07, 6.45) is 1.59. The predicted molar refractivity (Wildman–Crippen MR) is 86.8 cm³/mol. The number of amides is 1. The molecule has 1 aromatic heterocycles. The van der Waals surface area contributed by atoms with E-state index in [0.29, 0.717) is 17.3 Å². The van der Waals surface area contributed by atoms with Crippen molar-refractivity contribution in [2.24, 2.45) is 0 Å². The fourth-order valence-corrected chi connectivity index (χ4v) is 2.61. The molecule has 0 unspecified atom stereocenters. The van der Waals surface area contributed by atoms with Gasteiger partial charge in [0.05, 0.1) is 24.7 Å². The monoisotopic (exact) mass is 302 g/mol. The molecule has 5 heteroatoms. The lowest BCUT2D eigenvalue weighted by atomic mass is 10.2. The van der Waals surface area contributed by atoms with Crippen LogP contribution in [0.2, 0.25) is 0 Å². The molecule has 0 fully saturated rings. The van der Waals surface area contributed by atoms with Crippen molar-refractivity contribution >= 4 is 23.4 Å². The average Bonchev–Trinajstić information content (AvgIpc) is 2.48. The molecule has 0 bridgehead atoms. The summed E-state index contributed by atoms with van der Waals surface area (Å²) < 4.78 is 4.97. The van der Waals surface area contributed by atoms with Crippen molar-refractivity contribution in [3.8, 4) is 5.88 Å². The van der Waals surface area contributed by atoms with E-state index in [4.69, 9.17) is 4.74 Å². The largest absolute Gasteiger partial charge is 0.481 e. The first kappa shape index (κ1) is 15.4. The Kier molecular flexibility index (Phi) is 5.63. The molecule has 1 heterocycles. The quantitative estimate of drug-likeness (QED) is 0.890. The van der Waals surface area contributed by atoms with Crippen LogP contribution < -0.4 is 10.1 Å². The standard InChI is InChI=1S/C16H18N2O2S/c1-12-4-3-5-13(8-12)10-21-11-15(19)18-14-6-7-16(20-2)17-9-14/h3-9H,10-11H2,1-2H3,(H,18,19). The zero-order valence-corrected chi connectivity index (χ0v) is 12.9. The Balaban J connectivity index is 1.76. The van der Waals surface area contributed by atoms with Gasteiger partial charge in [0.25, 0.3) is 0 Å². The van der Waals surface area contributed by atoms with Crippen LogP contribution in [0.4, 0.5) is 5.69 Å². The van der Waals surface area contributed by atoms with Gasteiger partial charge in [-0.05, 0) is 18.6 Å². The van der Waals surface area contributed by atoms with E-state index in [9.17, 15) is 4.79 Å². The average molecular weight is 302 g/mol. The number of thioether (sulfide) groups is 1. The van der Waals surface area contributed by atoms with Gasteiger partial charge in [0, 0.05) is 11.8 Å². The first-order valence-corrected chi connectivity index (χ1v) is 7.76. The number of nitrogens with one attached hydrogen (secondary N) is 1. The minimum atomic E-state index is -0.0281. The Morgan fingerprint density at radius 2 is 2.19 bits per heavy atom. The van der Waals surface area contributed by atoms with Crippen molar-refractivity contribution in [1.29, 1.82) is 0 Å². The molecular formula is C16H18N2O2S. The summed E-state index contributed by atoms with van der Waals surface area (Å²) in [5.41, 5.74) is 3.15. The maximum atomic E-state index is 11.8. The third-order valence-electron chi connectivity index (χ3n) is 2.81. The molecule has 21 heavy (non-hydrogen) atoms. The lowest BCUT2D eigenvalue weighted by Crippen LogP contribution is -2.14. The number of methoxy groups -OCH3 is 1. The van der Waals surface area contributed by atoms with E-state index in [1.807, 2.05) is 6.07 Å². The normalized spacial score (nSPS) is 10.2. The maximum Gasteiger partial charge on any atom is 0.234 e. The van der Waals surface area contributed by atoms with Crippen LogP contribution in [0, 0.1) is 6.92 Å². The van der Waals surface area contributed by atoms with E-state index in [-0.39, 0.29) is 5.91 Å². The first-order valence-electron chi connectivity index (χ1n) is 6.60. The van der Waals surface area contributed by atoms with Crippen molar-refractivity contribution in [2.45, 2.75) is 12.7 Å². The highest BCUT2D eigenvalue weighted by Crippen LogP contribution is 2.15. The number of pyridine rings is 1. The highest BCUT2D eigenvalue weighted by atomic mass is 32.2. The van der Waals surface area contributed by atoms with Gasteiger partial charge in [-0.25, -0.2) is 4.98 Å². The number of nitrogens with zero attached hydrogens (tertiary/aromatic N) is 1. The van der Waals surface area contributed by atoms with Gasteiger partial charge in [-0.15, -0.1) is 11.8 Å². The lowest BCUT2D eigenvalue weighted by molar-refractivity contribution is -0.113. The highest BCUT2D eigenvalue weighted by molar-refractivity contribution is 7.99. The smallest absolute Gasteiger partial charge is 0.234 e. The fourth-order valence-electron chi connectivity index (χ4n) is 1.84. The van der Waals surface area contributed by atoms with Gasteiger partial charge in [-0.2, -0.15) is 0 Å². The first-order chi connectivity index (χ1) is 10.2. The molecule has 110 valence electrons. The number of carbonyl (C=O) groups is 1. The number of hydrogen-bond acceptors (Lipinski definition) is 4. The molecule has 0 saturated carbocycles. The number of aromatic nitrogens is 1. The molecule has 0 aliphatic rings. The van der Waals surface area contributed by atoms with Crippen molar-refractivity contribution in [1.82, 2.24) is 4.98 Å². The van der Waals surface area contributed by atoms with Gasteiger partial charge in [0.15, 0.2) is 0 Å². The van der Waals surface area contributed by atoms with Gasteiger partial charge in [0.2, 0.25) is 11.8 Å². The van der Waals surface area contributed by atoms with E-state index in [0.717, 1.165) is 5.75 Å². The van der Waals surface area contributed by atoms with Crippen LogP contribution >= 0.6 is 11.8 Å². The zero-order valence-electron chi connectivity index (χ0n) is 12.1. The number of benzene rings is 1. The summed E-state index contributed by atoms with van der Waals surface area (Å²) in [5, 5.41) is 2.81. The summed E-state index contributed by atoms with van der Waals surface area (Å²) in [5.74, 6) is 1.75. The van der Waals surface area contributed by atoms with Crippen molar-refractivity contribution in [3.05, 3.63) is 53.7 Å². The van der Waals surface area contributed by atoms with E-state index in [1.165, 1.54) is 11.1 Å². The van der Waals surface area contributed by atoms with Gasteiger partial charge >= 0.3 is 0 Å². The summed E-state index contributed by atoms with van der Waals surface area (Å²) in [7, 11) is 1.56. The van der Waals surface area contributed by atoms with Gasteiger partial charge in [-0.3, -0.25) is 4.79 Å². The van der Waals surface area contributed by atoms with Crippen molar-refractivity contribution in [2.75, 3.05) is 18.2 Å². The number of rotatable bonds is 6. The van der Waals surface area contributed by atoms with Crippen LogP contribution in [0.5, 0.6) is 5.88 Å². The third kappa shape index (κ3) is 5.11. The lowest BCUT2D eigenvalue weighted by Gasteiger charge is -2.06. The molecule has 2 rings (SSSR count). The summed E-state index contributed by atoms with van der Waals surface area (Å²) in [4.78, 5) is 15.9. The van der Waals surface area contributed by atoms with E-state index >= 15 is 0 Å². The minimum absolute atomic E-state index is 0.0281. The maximum absolute atomic E-state index is 11.8. The van der Waals surface area contributed by atoms with Crippen LogP contribution in [0.1, 0.15) is 11.1 Å². The molecule has 0 aliphatic carbocycles. The van der Waals surface area contributed by atoms with Crippen LogP contribution in [0.25, 0.3) is 0 Å². The SMILES string of the molecule is COc1ccc(NC(=O)CSCc2cccc(C)c2)cn1. The van der Waals surface area contributed by atoms with Crippen molar-refractivity contribution < 1.29 is 9.53 Å². The molecule has 2 aromatic rings. The zero-order chi connectivity index (χ0) is 15.1. The Labute approximate surface area is 128 Å². The topological polar surface area (TPSA) is 51.2 Å². The second-order valence-electron chi connectivity index (χ2n) is 4.62. The van der Waals surface area contributed by atoms with Crippen LogP contribution in [0.3, 0.4) is 0 Å². The van der Waals surface area contributed by atoms with Gasteiger partial charge < -0.3 is 10.1 Å². The van der Waals surface area contributed by atoms with Crippen LogP contribution in [0.15, 0.2) is 42.6 Å². The number of hydrogen-bond donors (Lipinski definition) is 1. The fraction of sp³-hybridized carbons (Fsp3) is 0.250. The van der Waals surface area contributed by atoms with E-state index in [2.05, 4.69) is 35.4 Å². The Bertz CT molecular complexity index is 599. The second-order valence-corrected chi connectivity index (χ2v) is 5.60. The molecule has 1 aromatic carbocycles. The van der Waals surface area contributed by atoms with Gasteiger partial charge in [0.1, 0.15) is 0 Å². The molecular weight excluding hydrogens is 284 g/mol. The molecule has 0 spiro atoms. The van der Waals surface area contributed by atoms with Crippen molar-refractivity contribution in [3.63, 3.8) is 0 Å². The second kappa shape index (κ2) is 7.69. The molecule has 0 atom stereocenters. The van der Waals surface area contributed by atoms with Crippen LogP contribution in [-0.4, -0.2) is 23.8 Å². The Morgan fingerprint density at radius 3 is 2.86 bits per heavy atom. The number of anilines is 1. The van der Waals surface area contributed by atoms with Gasteiger partial charge in [-0.1, -0.05) is 29.8 Å². The molecule has 0 saturated heterocycles. The Hall–Kier alpha value is -2.01. The van der Waals surface area contributed by atoms with E-state index < -0.39 is 0 Å². The van der Waals surface area contributed by atoms with E-state index in [1.54, 1.807) is 37.2 Å². The predicted octanol–water partition coefficient (Wildman–Crippen LogP) is 3.27. The number of carbonyl (C=O) groups excluding carboxylic acids is 1. The molecule has 1 N–H and O–H groups in total.